The standard InChI is InChI=1S/C31H50N2/c1-22(2)9-7-10-23(3)27-13-14-28-26-12-11-24-21-25(33-20-8-19-32-6)15-17-30(24,4)29(26)16-18-31(27,28)5/h8,11,19-20,22-23,25-29H,6-7,9-10,12-18,21H2,1-5H3/b19-8-,33-20?. The maximum Gasteiger partial charge on any atom is 0.0537 e. The number of hydrogen-bond acceptors (Lipinski definition) is 2. The lowest BCUT2D eigenvalue weighted by atomic mass is 9.47. The third-order valence-electron chi connectivity index (χ3n) is 10.9. The lowest BCUT2D eigenvalue weighted by molar-refractivity contribution is -0.0508. The minimum atomic E-state index is 0.426. The van der Waals surface area contributed by atoms with Crippen molar-refractivity contribution in [1.82, 2.24) is 0 Å². The van der Waals surface area contributed by atoms with Crippen molar-refractivity contribution in [2.45, 2.75) is 111 Å². The summed E-state index contributed by atoms with van der Waals surface area (Å²) in [7, 11) is 0. The van der Waals surface area contributed by atoms with Gasteiger partial charge in [0.2, 0.25) is 0 Å². The molecule has 33 heavy (non-hydrogen) atoms. The maximum atomic E-state index is 4.84. The Balaban J connectivity index is 1.44. The third kappa shape index (κ3) is 4.83. The predicted molar refractivity (Wildman–Crippen MR) is 144 cm³/mol. The zero-order valence-electron chi connectivity index (χ0n) is 22.2. The van der Waals surface area contributed by atoms with Crippen LogP contribution in [0.4, 0.5) is 0 Å². The molecule has 4 rings (SSSR count). The zero-order valence-corrected chi connectivity index (χ0v) is 22.2. The molecule has 3 saturated carbocycles. The number of hydrogen-bond donors (Lipinski definition) is 0. The molecule has 0 aromatic carbocycles. The molecule has 0 aromatic heterocycles. The minimum Gasteiger partial charge on any atom is -0.289 e. The lowest BCUT2D eigenvalue weighted by Gasteiger charge is -2.58. The van der Waals surface area contributed by atoms with E-state index in [4.69, 9.17) is 4.99 Å². The van der Waals surface area contributed by atoms with Crippen LogP contribution in [0.1, 0.15) is 105 Å². The van der Waals surface area contributed by atoms with Gasteiger partial charge in [-0.3, -0.25) is 9.98 Å². The Morgan fingerprint density at radius 3 is 2.64 bits per heavy atom. The van der Waals surface area contributed by atoms with Gasteiger partial charge in [0.05, 0.1) is 6.04 Å². The van der Waals surface area contributed by atoms with Crippen LogP contribution < -0.4 is 0 Å². The first-order chi connectivity index (χ1) is 15.8. The fraction of sp³-hybridized carbons (Fsp3) is 0.806. The molecule has 0 amide bonds. The van der Waals surface area contributed by atoms with Crippen molar-refractivity contribution in [3.05, 3.63) is 23.9 Å². The van der Waals surface area contributed by atoms with E-state index in [0.717, 1.165) is 35.5 Å². The fourth-order valence-electron chi connectivity index (χ4n) is 9.06. The van der Waals surface area contributed by atoms with Gasteiger partial charge in [0.25, 0.3) is 0 Å². The molecule has 0 radical (unpaired) electrons. The quantitative estimate of drug-likeness (QED) is 0.261. The largest absolute Gasteiger partial charge is 0.289 e. The molecule has 0 aliphatic heterocycles. The van der Waals surface area contributed by atoms with Gasteiger partial charge in [-0.25, -0.2) is 0 Å². The molecule has 0 aromatic rings. The smallest absolute Gasteiger partial charge is 0.0537 e. The van der Waals surface area contributed by atoms with Crippen molar-refractivity contribution in [3.8, 4) is 0 Å². The Kier molecular flexibility index (Phi) is 7.71. The molecular weight excluding hydrogens is 400 g/mol. The molecule has 184 valence electrons. The summed E-state index contributed by atoms with van der Waals surface area (Å²) in [4.78, 5) is 8.61. The normalized spacial score (nSPS) is 41.6. The second-order valence-electron chi connectivity index (χ2n) is 13.0. The van der Waals surface area contributed by atoms with Gasteiger partial charge in [0.1, 0.15) is 0 Å². The van der Waals surface area contributed by atoms with Gasteiger partial charge in [0, 0.05) is 12.4 Å². The molecule has 8 atom stereocenters. The first kappa shape index (κ1) is 24.9. The van der Waals surface area contributed by atoms with E-state index in [1.807, 2.05) is 12.3 Å². The van der Waals surface area contributed by atoms with Crippen LogP contribution in [0.2, 0.25) is 0 Å². The molecule has 4 aliphatic rings. The third-order valence-corrected chi connectivity index (χ3v) is 10.9. The molecule has 0 saturated heterocycles. The molecule has 8 unspecified atom stereocenters. The van der Waals surface area contributed by atoms with Crippen molar-refractivity contribution in [2.24, 2.45) is 56.3 Å². The Labute approximate surface area is 204 Å². The van der Waals surface area contributed by atoms with Crippen LogP contribution in [0.25, 0.3) is 0 Å². The highest BCUT2D eigenvalue weighted by molar-refractivity contribution is 5.71. The topological polar surface area (TPSA) is 24.7 Å². The fourth-order valence-corrected chi connectivity index (χ4v) is 9.06. The first-order valence-electron chi connectivity index (χ1n) is 14.1. The summed E-state index contributed by atoms with van der Waals surface area (Å²) in [5.74, 6) is 5.49. The van der Waals surface area contributed by atoms with Crippen LogP contribution in [0.3, 0.4) is 0 Å². The number of nitrogens with zero attached hydrogens (tertiary/aromatic N) is 2. The Morgan fingerprint density at radius 1 is 1.06 bits per heavy atom. The van der Waals surface area contributed by atoms with Crippen molar-refractivity contribution >= 4 is 12.9 Å². The molecule has 0 bridgehead atoms. The van der Waals surface area contributed by atoms with Crippen molar-refractivity contribution < 1.29 is 0 Å². The minimum absolute atomic E-state index is 0.426. The average molecular weight is 451 g/mol. The van der Waals surface area contributed by atoms with E-state index in [9.17, 15) is 0 Å². The second-order valence-corrected chi connectivity index (χ2v) is 13.0. The van der Waals surface area contributed by atoms with Gasteiger partial charge in [-0.1, -0.05) is 65.5 Å². The molecule has 2 nitrogen and oxygen atoms in total. The average Bonchev–Trinajstić information content (AvgIpc) is 3.14. The summed E-state index contributed by atoms with van der Waals surface area (Å²) in [6.07, 6.45) is 23.5. The molecular formula is C31H50N2. The van der Waals surface area contributed by atoms with E-state index in [1.165, 1.54) is 70.6 Å². The molecule has 0 spiro atoms. The lowest BCUT2D eigenvalue weighted by Crippen LogP contribution is -2.50. The van der Waals surface area contributed by atoms with Gasteiger partial charge >= 0.3 is 0 Å². The van der Waals surface area contributed by atoms with Gasteiger partial charge in [-0.05, 0) is 110 Å². The highest BCUT2D eigenvalue weighted by Crippen LogP contribution is 2.67. The molecule has 3 fully saturated rings. The maximum absolute atomic E-state index is 4.84. The van der Waals surface area contributed by atoms with Gasteiger partial charge in [0.15, 0.2) is 0 Å². The molecule has 0 N–H and O–H groups in total. The summed E-state index contributed by atoms with van der Waals surface area (Å²) < 4.78 is 0. The van der Waals surface area contributed by atoms with Crippen molar-refractivity contribution in [3.63, 3.8) is 0 Å². The van der Waals surface area contributed by atoms with E-state index in [-0.39, 0.29) is 0 Å². The van der Waals surface area contributed by atoms with Crippen LogP contribution in [0, 0.1) is 46.3 Å². The number of fused-ring (bicyclic) bond motifs is 5. The number of allylic oxidation sites excluding steroid dienone is 2. The SMILES string of the molecule is C=N/C=C\C=NC1CCC2(C)C(=CCC3C2CCC2(C)C(C(C)CCCC(C)C)CCC32)C1. The Morgan fingerprint density at radius 2 is 1.88 bits per heavy atom. The van der Waals surface area contributed by atoms with E-state index < -0.39 is 0 Å². The Hall–Kier alpha value is -1.18. The summed E-state index contributed by atoms with van der Waals surface area (Å²) in [5.41, 5.74) is 2.76. The molecule has 4 aliphatic carbocycles. The highest BCUT2D eigenvalue weighted by atomic mass is 14.8. The van der Waals surface area contributed by atoms with Crippen molar-refractivity contribution in [2.75, 3.05) is 0 Å². The van der Waals surface area contributed by atoms with Crippen LogP contribution in [0.15, 0.2) is 33.9 Å². The van der Waals surface area contributed by atoms with Gasteiger partial charge in [-0.15, -0.1) is 0 Å². The van der Waals surface area contributed by atoms with Gasteiger partial charge in [-0.2, -0.15) is 0 Å². The number of rotatable bonds is 8. The molecule has 2 heteroatoms. The van der Waals surface area contributed by atoms with Crippen molar-refractivity contribution in [1.29, 1.82) is 0 Å². The van der Waals surface area contributed by atoms with Gasteiger partial charge < -0.3 is 0 Å². The van der Waals surface area contributed by atoms with Crippen LogP contribution >= 0.6 is 0 Å². The van der Waals surface area contributed by atoms with E-state index >= 15 is 0 Å². The summed E-state index contributed by atoms with van der Waals surface area (Å²) >= 11 is 0. The second kappa shape index (κ2) is 10.2. The van der Waals surface area contributed by atoms with Crippen LogP contribution in [-0.2, 0) is 0 Å². The molecule has 0 heterocycles. The van der Waals surface area contributed by atoms with Crippen LogP contribution in [0.5, 0.6) is 0 Å². The monoisotopic (exact) mass is 450 g/mol. The summed E-state index contributed by atoms with van der Waals surface area (Å²) in [6.45, 7) is 16.2. The van der Waals surface area contributed by atoms with E-state index in [2.05, 4.69) is 52.4 Å². The van der Waals surface area contributed by atoms with E-state index in [0.29, 0.717) is 16.9 Å². The van der Waals surface area contributed by atoms with Crippen LogP contribution in [-0.4, -0.2) is 19.0 Å². The summed E-state index contributed by atoms with van der Waals surface area (Å²) in [5, 5.41) is 0. The zero-order chi connectivity index (χ0) is 23.6. The predicted octanol–water partition coefficient (Wildman–Crippen LogP) is 8.68. The van der Waals surface area contributed by atoms with E-state index in [1.54, 1.807) is 11.8 Å². The summed E-state index contributed by atoms with van der Waals surface area (Å²) in [6, 6.07) is 0.451. The first-order valence-corrected chi connectivity index (χ1v) is 14.1. The highest BCUT2D eigenvalue weighted by Gasteiger charge is 2.59. The Bertz CT molecular complexity index is 776. The number of aliphatic imine (C=N–C) groups is 2.